The summed E-state index contributed by atoms with van der Waals surface area (Å²) in [6.07, 6.45) is -2.89. The van der Waals surface area contributed by atoms with E-state index in [0.29, 0.717) is 10.1 Å². The van der Waals surface area contributed by atoms with Crippen molar-refractivity contribution in [3.05, 3.63) is 48.4 Å². The molecule has 13 heteroatoms. The van der Waals surface area contributed by atoms with E-state index in [9.17, 15) is 31.1 Å². The van der Waals surface area contributed by atoms with Crippen LogP contribution in [0.4, 0.5) is 26.3 Å². The molecule has 7 nitrogen and oxygen atoms in total. The molecule has 3 aromatic rings. The van der Waals surface area contributed by atoms with Crippen molar-refractivity contribution in [1.82, 2.24) is 24.4 Å². The predicted molar refractivity (Wildman–Crippen MR) is 98.3 cm³/mol. The van der Waals surface area contributed by atoms with Gasteiger partial charge in [-0.3, -0.25) is 9.36 Å². The van der Waals surface area contributed by atoms with Gasteiger partial charge in [0.1, 0.15) is 29.1 Å². The van der Waals surface area contributed by atoms with Crippen LogP contribution in [0.3, 0.4) is 0 Å². The van der Waals surface area contributed by atoms with Gasteiger partial charge >= 0.3 is 12.9 Å². The number of fused-ring (bicyclic) bond motifs is 1. The van der Waals surface area contributed by atoms with Crippen LogP contribution in [-0.4, -0.2) is 50.2 Å². The van der Waals surface area contributed by atoms with E-state index in [-0.39, 0.29) is 48.0 Å². The summed E-state index contributed by atoms with van der Waals surface area (Å²) in [6, 6.07) is 4.73. The van der Waals surface area contributed by atoms with Gasteiger partial charge in [0.05, 0.1) is 5.92 Å². The summed E-state index contributed by atoms with van der Waals surface area (Å²) in [5, 5.41) is 0. The Kier molecular flexibility index (Phi) is 5.48. The van der Waals surface area contributed by atoms with Crippen molar-refractivity contribution in [3.63, 3.8) is 0 Å². The molecule has 0 unspecified atom stereocenters. The first kappa shape index (κ1) is 21.6. The van der Waals surface area contributed by atoms with Crippen molar-refractivity contribution >= 4 is 17.5 Å². The Bertz CT molecular complexity index is 1170. The Morgan fingerprint density at radius 2 is 1.84 bits per heavy atom. The third-order valence-electron chi connectivity index (χ3n) is 4.70. The van der Waals surface area contributed by atoms with E-state index in [4.69, 9.17) is 0 Å². The lowest BCUT2D eigenvalue weighted by atomic mass is 9.99. The highest BCUT2D eigenvalue weighted by atomic mass is 19.4. The van der Waals surface area contributed by atoms with E-state index in [2.05, 4.69) is 19.7 Å². The number of rotatable bonds is 6. The number of halogens is 6. The number of hydrogen-bond acceptors (Lipinski definition) is 6. The second-order valence-corrected chi connectivity index (χ2v) is 6.89. The Balaban J connectivity index is 1.71. The van der Waals surface area contributed by atoms with E-state index in [1.54, 1.807) is 0 Å². The molecule has 1 aliphatic rings. The van der Waals surface area contributed by atoms with Crippen LogP contribution >= 0.6 is 0 Å². The fourth-order valence-corrected chi connectivity index (χ4v) is 3.26. The van der Waals surface area contributed by atoms with E-state index < -0.39 is 24.5 Å². The summed E-state index contributed by atoms with van der Waals surface area (Å²) >= 11 is 0. The number of hydrogen-bond donors (Lipinski definition) is 0. The summed E-state index contributed by atoms with van der Waals surface area (Å²) < 4.78 is 81.5. The molecule has 4 rings (SSSR count). The molecule has 0 amide bonds. The molecule has 1 saturated heterocycles. The van der Waals surface area contributed by atoms with Gasteiger partial charge in [0.15, 0.2) is 17.8 Å². The molecule has 0 N–H and O–H groups in total. The van der Waals surface area contributed by atoms with Gasteiger partial charge in [0.25, 0.3) is 0 Å². The molecule has 3 heterocycles. The molecule has 1 fully saturated rings. The number of carbonyl (C=O) groups excluding carboxylic acids is 1. The topological polar surface area (TPSA) is 73.1 Å². The number of aldehydes is 1. The second kappa shape index (κ2) is 8.13. The zero-order valence-electron chi connectivity index (χ0n) is 15.9. The van der Waals surface area contributed by atoms with Crippen molar-refractivity contribution in [3.8, 4) is 17.0 Å². The summed E-state index contributed by atoms with van der Waals surface area (Å²) in [6.45, 7) is -2.44. The zero-order valence-corrected chi connectivity index (χ0v) is 15.9. The molecule has 0 saturated carbocycles. The monoisotopic (exact) mass is 457 g/mol. The fraction of sp³-hybridized carbons (Fsp3) is 0.263. The molecular formula is C19H13F6N5O2. The lowest BCUT2D eigenvalue weighted by molar-refractivity contribution is -0.274. The number of allylic oxidation sites excluding steroid dienone is 1. The molecule has 32 heavy (non-hydrogen) atoms. The van der Waals surface area contributed by atoms with Crippen molar-refractivity contribution in [2.24, 2.45) is 0 Å². The number of ether oxygens (including phenoxy) is 1. The fourth-order valence-electron chi connectivity index (χ4n) is 3.26. The first-order valence-electron chi connectivity index (χ1n) is 9.10. The Labute approximate surface area is 176 Å². The number of aromatic nitrogens is 4. The smallest absolute Gasteiger partial charge is 0.406 e. The van der Waals surface area contributed by atoms with E-state index in [1.807, 2.05) is 0 Å². The van der Waals surface area contributed by atoms with Crippen LogP contribution < -0.4 is 4.74 Å². The highest BCUT2D eigenvalue weighted by molar-refractivity contribution is 5.87. The molecular weight excluding hydrogens is 444 g/mol. The van der Waals surface area contributed by atoms with E-state index >= 15 is 0 Å². The molecule has 0 spiro atoms. The maximum Gasteiger partial charge on any atom is 0.573 e. The lowest BCUT2D eigenvalue weighted by Gasteiger charge is -2.37. The minimum Gasteiger partial charge on any atom is -0.406 e. The minimum absolute atomic E-state index is 0.0432. The Morgan fingerprint density at radius 1 is 1.16 bits per heavy atom. The number of imidazole rings is 1. The van der Waals surface area contributed by atoms with Gasteiger partial charge < -0.3 is 9.64 Å². The van der Waals surface area contributed by atoms with Gasteiger partial charge in [-0.25, -0.2) is 19.3 Å². The van der Waals surface area contributed by atoms with Crippen molar-refractivity contribution in [2.75, 3.05) is 13.1 Å². The molecule has 1 aliphatic heterocycles. The highest BCUT2D eigenvalue weighted by Gasteiger charge is 2.32. The van der Waals surface area contributed by atoms with Gasteiger partial charge in [-0.2, -0.15) is 8.78 Å². The molecule has 1 aromatic carbocycles. The SMILES string of the molecule is O=CC(F)=CN1CC(c2nc(-c3ccc(OC(F)(F)F)cc3)c3ncn(C(F)F)c3n2)C1. The van der Waals surface area contributed by atoms with Crippen molar-refractivity contribution < 1.29 is 35.9 Å². The van der Waals surface area contributed by atoms with E-state index in [1.165, 1.54) is 17.0 Å². The summed E-state index contributed by atoms with van der Waals surface area (Å²) in [4.78, 5) is 24.4. The number of benzene rings is 1. The number of alkyl halides is 5. The summed E-state index contributed by atoms with van der Waals surface area (Å²) in [5.41, 5.74) is 0.358. The third kappa shape index (κ3) is 4.36. The number of nitrogens with zero attached hydrogens (tertiary/aromatic N) is 5. The Morgan fingerprint density at radius 3 is 2.44 bits per heavy atom. The third-order valence-corrected chi connectivity index (χ3v) is 4.70. The van der Waals surface area contributed by atoms with Crippen molar-refractivity contribution in [1.29, 1.82) is 0 Å². The summed E-state index contributed by atoms with van der Waals surface area (Å²) in [7, 11) is 0. The summed E-state index contributed by atoms with van der Waals surface area (Å²) in [5.74, 6) is -1.58. The average Bonchev–Trinajstić information content (AvgIpc) is 3.13. The quantitative estimate of drug-likeness (QED) is 0.314. The standard InChI is InChI=1S/C19H13F6N5O2/c20-12(8-31)7-29-5-11(6-29)16-27-14(15-17(28-16)30(9-26-15)18(21)22)10-1-3-13(4-2-10)32-19(23,24)25/h1-4,7-9,11,18H,5-6H2. The zero-order chi connectivity index (χ0) is 23.0. The average molecular weight is 457 g/mol. The highest BCUT2D eigenvalue weighted by Crippen LogP contribution is 2.33. The first-order valence-corrected chi connectivity index (χ1v) is 9.10. The van der Waals surface area contributed by atoms with Crippen LogP contribution in [0.2, 0.25) is 0 Å². The Hall–Kier alpha value is -3.64. The van der Waals surface area contributed by atoms with Crippen LogP contribution in [0.25, 0.3) is 22.4 Å². The first-order chi connectivity index (χ1) is 15.1. The number of likely N-dealkylation sites (tertiary alicyclic amines) is 1. The van der Waals surface area contributed by atoms with Crippen LogP contribution in [0.1, 0.15) is 18.3 Å². The largest absolute Gasteiger partial charge is 0.573 e. The van der Waals surface area contributed by atoms with Crippen LogP contribution in [0.15, 0.2) is 42.6 Å². The van der Waals surface area contributed by atoms with Crippen LogP contribution in [0, 0.1) is 0 Å². The molecule has 168 valence electrons. The predicted octanol–water partition coefficient (Wildman–Crippen LogP) is 4.20. The minimum atomic E-state index is -4.86. The van der Waals surface area contributed by atoms with Gasteiger partial charge in [0, 0.05) is 24.9 Å². The molecule has 0 aliphatic carbocycles. The second-order valence-electron chi connectivity index (χ2n) is 6.89. The molecule has 0 bridgehead atoms. The normalized spacial score (nSPS) is 15.3. The van der Waals surface area contributed by atoms with Gasteiger partial charge in [0.2, 0.25) is 0 Å². The molecule has 2 aromatic heterocycles. The maximum atomic E-state index is 13.4. The van der Waals surface area contributed by atoms with Crippen molar-refractivity contribution in [2.45, 2.75) is 18.8 Å². The molecule has 0 atom stereocenters. The van der Waals surface area contributed by atoms with Crippen LogP contribution in [-0.2, 0) is 4.79 Å². The van der Waals surface area contributed by atoms with Crippen LogP contribution in [0.5, 0.6) is 5.75 Å². The van der Waals surface area contributed by atoms with Gasteiger partial charge in [-0.1, -0.05) is 0 Å². The lowest BCUT2D eigenvalue weighted by Crippen LogP contribution is -2.42. The van der Waals surface area contributed by atoms with Gasteiger partial charge in [-0.05, 0) is 24.3 Å². The van der Waals surface area contributed by atoms with Gasteiger partial charge in [-0.15, -0.1) is 13.2 Å². The number of carbonyl (C=O) groups is 1. The van der Waals surface area contributed by atoms with E-state index in [0.717, 1.165) is 24.7 Å². The maximum absolute atomic E-state index is 13.4. The molecule has 0 radical (unpaired) electrons.